The molecule has 2 aliphatic rings. The Labute approximate surface area is 173 Å². The van der Waals surface area contributed by atoms with Crippen LogP contribution in [0.25, 0.3) is 10.4 Å². The van der Waals surface area contributed by atoms with E-state index in [1.54, 1.807) is 12.3 Å². The zero-order valence-electron chi connectivity index (χ0n) is 16.4. The molecule has 1 fully saturated rings. The molecule has 2 heterocycles. The summed E-state index contributed by atoms with van der Waals surface area (Å²) in [5.74, 6) is 0.163. The number of aromatic nitrogens is 1. The molecule has 10 heteroatoms. The highest BCUT2D eigenvalue weighted by Gasteiger charge is 2.40. The second kappa shape index (κ2) is 7.10. The minimum absolute atomic E-state index is 0.124. The second-order valence-corrected chi connectivity index (χ2v) is 10.4. The minimum Gasteiger partial charge on any atom is -0.331 e. The standard InChI is InChI=1S/C19H22N4O4S2/c1-10(12-4-5-12)23-9-14-6-13(16-8-20-19(28-16)21-11(2)24)7-15(17(14)18(23)25)22-29(3,26)27/h6-8,10,12,22H,4-5,9H2,1-3H3,(H,20,21,24). The molecule has 1 unspecified atom stereocenters. The summed E-state index contributed by atoms with van der Waals surface area (Å²) in [5, 5.41) is 3.11. The smallest absolute Gasteiger partial charge is 0.256 e. The van der Waals surface area contributed by atoms with Crippen LogP contribution in [0.2, 0.25) is 0 Å². The molecule has 2 amide bonds. The number of hydrogen-bond acceptors (Lipinski definition) is 6. The molecule has 8 nitrogen and oxygen atoms in total. The lowest BCUT2D eigenvalue weighted by molar-refractivity contribution is -0.114. The molecule has 1 saturated carbocycles. The molecule has 2 aromatic rings. The molecule has 0 saturated heterocycles. The number of amides is 2. The number of nitrogens with zero attached hydrogens (tertiary/aromatic N) is 2. The van der Waals surface area contributed by atoms with E-state index in [9.17, 15) is 18.0 Å². The van der Waals surface area contributed by atoms with Crippen LogP contribution in [-0.4, -0.2) is 42.4 Å². The van der Waals surface area contributed by atoms with Crippen molar-refractivity contribution in [1.29, 1.82) is 0 Å². The number of benzene rings is 1. The van der Waals surface area contributed by atoms with Gasteiger partial charge in [0, 0.05) is 25.7 Å². The van der Waals surface area contributed by atoms with Gasteiger partial charge in [-0.15, -0.1) is 0 Å². The first-order valence-electron chi connectivity index (χ1n) is 9.32. The summed E-state index contributed by atoms with van der Waals surface area (Å²) in [5.41, 5.74) is 2.24. The lowest BCUT2D eigenvalue weighted by Crippen LogP contribution is -2.34. The van der Waals surface area contributed by atoms with Crippen molar-refractivity contribution >= 4 is 44.0 Å². The molecule has 1 atom stereocenters. The largest absolute Gasteiger partial charge is 0.331 e. The summed E-state index contributed by atoms with van der Waals surface area (Å²) < 4.78 is 26.3. The van der Waals surface area contributed by atoms with Crippen LogP contribution in [0.5, 0.6) is 0 Å². The fourth-order valence-corrected chi connectivity index (χ4v) is 5.09. The van der Waals surface area contributed by atoms with Gasteiger partial charge in [-0.2, -0.15) is 0 Å². The quantitative estimate of drug-likeness (QED) is 0.727. The van der Waals surface area contributed by atoms with Gasteiger partial charge in [0.1, 0.15) is 0 Å². The number of nitrogens with one attached hydrogen (secondary N) is 2. The summed E-state index contributed by atoms with van der Waals surface area (Å²) in [7, 11) is -3.56. The van der Waals surface area contributed by atoms with Gasteiger partial charge in [-0.1, -0.05) is 11.3 Å². The van der Waals surface area contributed by atoms with E-state index in [-0.39, 0.29) is 23.5 Å². The Morgan fingerprint density at radius 2 is 2.07 bits per heavy atom. The first-order valence-corrected chi connectivity index (χ1v) is 12.0. The normalized spacial score (nSPS) is 17.2. The maximum absolute atomic E-state index is 13.1. The van der Waals surface area contributed by atoms with E-state index in [0.29, 0.717) is 23.2 Å². The van der Waals surface area contributed by atoms with Gasteiger partial charge in [0.2, 0.25) is 15.9 Å². The molecule has 0 bridgehead atoms. The fraction of sp³-hybridized carbons (Fsp3) is 0.421. The van der Waals surface area contributed by atoms with E-state index < -0.39 is 10.0 Å². The van der Waals surface area contributed by atoms with E-state index in [2.05, 4.69) is 21.9 Å². The highest BCUT2D eigenvalue weighted by molar-refractivity contribution is 7.92. The van der Waals surface area contributed by atoms with E-state index in [0.717, 1.165) is 35.1 Å². The van der Waals surface area contributed by atoms with Gasteiger partial charge in [-0.25, -0.2) is 13.4 Å². The molecule has 1 aromatic carbocycles. The molecular weight excluding hydrogens is 412 g/mol. The Hall–Kier alpha value is -2.46. The highest BCUT2D eigenvalue weighted by atomic mass is 32.2. The summed E-state index contributed by atoms with van der Waals surface area (Å²) in [6.07, 6.45) is 4.93. The van der Waals surface area contributed by atoms with Crippen LogP contribution < -0.4 is 10.0 Å². The van der Waals surface area contributed by atoms with Crippen molar-refractivity contribution in [2.45, 2.75) is 39.3 Å². The van der Waals surface area contributed by atoms with Crippen LogP contribution >= 0.6 is 11.3 Å². The van der Waals surface area contributed by atoms with E-state index >= 15 is 0 Å². The van der Waals surface area contributed by atoms with Crippen molar-refractivity contribution in [3.05, 3.63) is 29.5 Å². The Morgan fingerprint density at radius 1 is 1.34 bits per heavy atom. The number of rotatable bonds is 6. The van der Waals surface area contributed by atoms with Crippen molar-refractivity contribution in [2.24, 2.45) is 5.92 Å². The molecule has 2 N–H and O–H groups in total. The Morgan fingerprint density at radius 3 is 2.69 bits per heavy atom. The van der Waals surface area contributed by atoms with Crippen LogP contribution in [0.4, 0.5) is 10.8 Å². The summed E-state index contributed by atoms with van der Waals surface area (Å²) >= 11 is 1.29. The van der Waals surface area contributed by atoms with E-state index in [4.69, 9.17) is 0 Å². The lowest BCUT2D eigenvalue weighted by atomic mass is 10.0. The van der Waals surface area contributed by atoms with E-state index in [1.807, 2.05) is 11.0 Å². The third-order valence-electron chi connectivity index (χ3n) is 5.20. The predicted octanol–water partition coefficient (Wildman–Crippen LogP) is 2.89. The van der Waals surface area contributed by atoms with Gasteiger partial charge >= 0.3 is 0 Å². The number of carbonyl (C=O) groups is 2. The van der Waals surface area contributed by atoms with Crippen LogP contribution in [0.1, 0.15) is 42.6 Å². The fourth-order valence-electron chi connectivity index (χ4n) is 3.68. The number of hydrogen-bond donors (Lipinski definition) is 2. The number of sulfonamides is 1. The average molecular weight is 435 g/mol. The maximum Gasteiger partial charge on any atom is 0.256 e. The van der Waals surface area contributed by atoms with Gasteiger partial charge in [0.05, 0.1) is 22.4 Å². The van der Waals surface area contributed by atoms with Crippen LogP contribution in [0.15, 0.2) is 18.3 Å². The minimum atomic E-state index is -3.56. The van der Waals surface area contributed by atoms with Gasteiger partial charge in [-0.05, 0) is 48.9 Å². The summed E-state index contributed by atoms with van der Waals surface area (Å²) in [6.45, 7) is 3.91. The van der Waals surface area contributed by atoms with Gasteiger partial charge < -0.3 is 10.2 Å². The molecule has 0 radical (unpaired) electrons. The number of fused-ring (bicyclic) bond motifs is 1. The Kier molecular flexibility index (Phi) is 4.86. The lowest BCUT2D eigenvalue weighted by Gasteiger charge is -2.24. The van der Waals surface area contributed by atoms with Gasteiger partial charge in [0.25, 0.3) is 5.91 Å². The molecule has 1 aromatic heterocycles. The maximum atomic E-state index is 13.1. The van der Waals surface area contributed by atoms with Gasteiger partial charge in [-0.3, -0.25) is 14.3 Å². The third-order valence-corrected chi connectivity index (χ3v) is 6.75. The second-order valence-electron chi connectivity index (χ2n) is 7.65. The summed E-state index contributed by atoms with van der Waals surface area (Å²) in [4.78, 5) is 31.1. The van der Waals surface area contributed by atoms with Crippen molar-refractivity contribution in [3.8, 4) is 10.4 Å². The SMILES string of the molecule is CC(=O)Nc1ncc(-c2cc3c(c(NS(C)(=O)=O)c2)C(=O)N(C(C)C2CC2)C3)s1. The molecule has 0 spiro atoms. The zero-order valence-corrected chi connectivity index (χ0v) is 18.0. The number of thiazole rings is 1. The highest BCUT2D eigenvalue weighted by Crippen LogP contribution is 2.42. The van der Waals surface area contributed by atoms with Crippen molar-refractivity contribution in [2.75, 3.05) is 16.3 Å². The van der Waals surface area contributed by atoms with Crippen molar-refractivity contribution < 1.29 is 18.0 Å². The van der Waals surface area contributed by atoms with Crippen molar-refractivity contribution in [3.63, 3.8) is 0 Å². The Bertz CT molecular complexity index is 1110. The number of anilines is 2. The molecule has 1 aliphatic heterocycles. The topological polar surface area (TPSA) is 108 Å². The predicted molar refractivity (Wildman–Crippen MR) is 112 cm³/mol. The van der Waals surface area contributed by atoms with E-state index in [1.165, 1.54) is 18.3 Å². The summed E-state index contributed by atoms with van der Waals surface area (Å²) in [6, 6.07) is 3.69. The van der Waals surface area contributed by atoms with Crippen LogP contribution in [0, 0.1) is 5.92 Å². The average Bonchev–Trinajstić information content (AvgIpc) is 3.27. The Balaban J connectivity index is 1.75. The van der Waals surface area contributed by atoms with Crippen LogP contribution in [0.3, 0.4) is 0 Å². The van der Waals surface area contributed by atoms with Gasteiger partial charge in [0.15, 0.2) is 5.13 Å². The molecule has 154 valence electrons. The van der Waals surface area contributed by atoms with Crippen LogP contribution in [-0.2, 0) is 21.4 Å². The zero-order chi connectivity index (χ0) is 20.9. The van der Waals surface area contributed by atoms with Crippen molar-refractivity contribution in [1.82, 2.24) is 9.88 Å². The molecule has 4 rings (SSSR count). The molecule has 1 aliphatic carbocycles. The third kappa shape index (κ3) is 4.13. The first-order chi connectivity index (χ1) is 13.6. The first kappa shape index (κ1) is 19.8. The molecule has 29 heavy (non-hydrogen) atoms. The monoisotopic (exact) mass is 434 g/mol. The molecular formula is C19H22N4O4S2. The number of carbonyl (C=O) groups excluding carboxylic acids is 2.